The summed E-state index contributed by atoms with van der Waals surface area (Å²) in [6.07, 6.45) is 0. The molecular formula is C13H17BrN2O2S. The van der Waals surface area contributed by atoms with Gasteiger partial charge in [-0.2, -0.15) is 0 Å². The molecule has 19 heavy (non-hydrogen) atoms. The Morgan fingerprint density at radius 3 is 2.42 bits per heavy atom. The number of thiol groups is 1. The van der Waals surface area contributed by atoms with E-state index in [2.05, 4.69) is 39.2 Å². The van der Waals surface area contributed by atoms with E-state index in [0.717, 1.165) is 0 Å². The van der Waals surface area contributed by atoms with Crippen molar-refractivity contribution in [2.75, 3.05) is 0 Å². The van der Waals surface area contributed by atoms with Crippen LogP contribution in [0.25, 0.3) is 0 Å². The van der Waals surface area contributed by atoms with Gasteiger partial charge < -0.3 is 10.6 Å². The summed E-state index contributed by atoms with van der Waals surface area (Å²) in [7, 11) is 0. The van der Waals surface area contributed by atoms with Gasteiger partial charge in [0.25, 0.3) is 5.91 Å². The van der Waals surface area contributed by atoms with Gasteiger partial charge in [-0.25, -0.2) is 0 Å². The molecule has 0 aliphatic rings. The molecular weight excluding hydrogens is 328 g/mol. The van der Waals surface area contributed by atoms with Crippen molar-refractivity contribution < 1.29 is 9.59 Å². The number of carbonyl (C=O) groups excluding carboxylic acids is 2. The monoisotopic (exact) mass is 344 g/mol. The molecule has 1 unspecified atom stereocenters. The molecule has 0 radical (unpaired) electrons. The van der Waals surface area contributed by atoms with Gasteiger partial charge in [0.1, 0.15) is 6.04 Å². The maximum absolute atomic E-state index is 12.1. The summed E-state index contributed by atoms with van der Waals surface area (Å²) < 4.78 is 0.666. The Hall–Kier alpha value is -1.01. The summed E-state index contributed by atoms with van der Waals surface area (Å²) in [5, 5.41) is 5.40. The first-order valence-electron chi connectivity index (χ1n) is 5.91. The molecule has 0 heterocycles. The minimum absolute atomic E-state index is 0.0411. The van der Waals surface area contributed by atoms with Gasteiger partial charge in [-0.15, -0.1) is 12.6 Å². The lowest BCUT2D eigenvalue weighted by atomic mass is 10.2. The number of carbonyl (C=O) groups is 2. The van der Waals surface area contributed by atoms with Crippen LogP contribution in [-0.2, 0) is 4.79 Å². The van der Waals surface area contributed by atoms with Crippen LogP contribution in [-0.4, -0.2) is 23.9 Å². The molecule has 0 saturated carbocycles. The summed E-state index contributed by atoms with van der Waals surface area (Å²) in [4.78, 5) is 24.5. The van der Waals surface area contributed by atoms with Gasteiger partial charge in [-0.05, 0) is 54.9 Å². The molecule has 4 nitrogen and oxygen atoms in total. The predicted molar refractivity (Wildman–Crippen MR) is 81.6 cm³/mol. The molecule has 0 saturated heterocycles. The Balaban J connectivity index is 2.74. The Morgan fingerprint density at radius 2 is 1.84 bits per heavy atom. The fraction of sp³-hybridized carbons (Fsp3) is 0.385. The molecule has 0 aliphatic carbocycles. The van der Waals surface area contributed by atoms with Gasteiger partial charge in [0.15, 0.2) is 0 Å². The van der Waals surface area contributed by atoms with Crippen molar-refractivity contribution in [2.45, 2.75) is 37.8 Å². The molecule has 2 amide bonds. The smallest absolute Gasteiger partial charge is 0.253 e. The van der Waals surface area contributed by atoms with E-state index in [4.69, 9.17) is 0 Å². The summed E-state index contributed by atoms with van der Waals surface area (Å²) in [5.41, 5.74) is 0.455. The first-order chi connectivity index (χ1) is 8.81. The molecule has 1 atom stereocenters. The number of hydrogen-bond acceptors (Lipinski definition) is 3. The van der Waals surface area contributed by atoms with Gasteiger partial charge in [-0.1, -0.05) is 0 Å². The zero-order valence-electron chi connectivity index (χ0n) is 11.0. The lowest BCUT2D eigenvalue weighted by molar-refractivity contribution is -0.123. The quantitative estimate of drug-likeness (QED) is 0.734. The fourth-order valence-corrected chi connectivity index (χ4v) is 2.07. The van der Waals surface area contributed by atoms with Gasteiger partial charge in [0, 0.05) is 15.4 Å². The Kier molecular flexibility index (Phi) is 5.87. The normalized spacial score (nSPS) is 12.1. The Bertz CT molecular complexity index is 492. The zero-order chi connectivity index (χ0) is 14.6. The molecule has 0 aromatic heterocycles. The molecule has 2 N–H and O–H groups in total. The minimum Gasteiger partial charge on any atom is -0.352 e. The summed E-state index contributed by atoms with van der Waals surface area (Å²) in [6, 6.07) is 4.62. The maximum atomic E-state index is 12.1. The molecule has 1 aromatic carbocycles. The Morgan fingerprint density at radius 1 is 1.21 bits per heavy atom. The molecule has 6 heteroatoms. The second-order valence-corrected chi connectivity index (χ2v) is 5.89. The van der Waals surface area contributed by atoms with E-state index in [-0.39, 0.29) is 17.9 Å². The number of rotatable bonds is 4. The third-order valence-electron chi connectivity index (χ3n) is 2.37. The van der Waals surface area contributed by atoms with Crippen LogP contribution in [0, 0.1) is 0 Å². The number of benzene rings is 1. The Labute approximate surface area is 126 Å². The van der Waals surface area contributed by atoms with Gasteiger partial charge in [0.2, 0.25) is 5.91 Å². The van der Waals surface area contributed by atoms with Crippen LogP contribution >= 0.6 is 28.6 Å². The highest BCUT2D eigenvalue weighted by Crippen LogP contribution is 2.20. The van der Waals surface area contributed by atoms with Crippen LogP contribution in [0.4, 0.5) is 0 Å². The predicted octanol–water partition coefficient (Wildman–Crippen LogP) is 2.38. The van der Waals surface area contributed by atoms with E-state index in [0.29, 0.717) is 14.9 Å². The summed E-state index contributed by atoms with van der Waals surface area (Å²) in [5.74, 6) is -0.518. The third-order valence-corrected chi connectivity index (χ3v) is 3.34. The standard InChI is InChI=1S/C13H17BrN2O2S/c1-7(2)15-12(17)8(3)16-13(18)10-6-9(19)4-5-11(10)14/h4-8,19H,1-3H3,(H,15,17)(H,16,18). The number of amides is 2. The molecule has 0 bridgehead atoms. The highest BCUT2D eigenvalue weighted by molar-refractivity contribution is 9.10. The first kappa shape index (κ1) is 16.0. The van der Waals surface area contributed by atoms with E-state index in [9.17, 15) is 9.59 Å². The van der Waals surface area contributed by atoms with Gasteiger partial charge in [0.05, 0.1) is 5.56 Å². The number of nitrogens with one attached hydrogen (secondary N) is 2. The number of halogens is 1. The fourth-order valence-electron chi connectivity index (χ4n) is 1.44. The lowest BCUT2D eigenvalue weighted by Gasteiger charge is -2.16. The average molecular weight is 345 g/mol. The van der Waals surface area contributed by atoms with Crippen molar-refractivity contribution in [3.63, 3.8) is 0 Å². The highest BCUT2D eigenvalue weighted by atomic mass is 79.9. The van der Waals surface area contributed by atoms with Crippen molar-refractivity contribution in [3.05, 3.63) is 28.2 Å². The van der Waals surface area contributed by atoms with Crippen LogP contribution in [0.1, 0.15) is 31.1 Å². The highest BCUT2D eigenvalue weighted by Gasteiger charge is 2.18. The largest absolute Gasteiger partial charge is 0.352 e. The van der Waals surface area contributed by atoms with Crippen molar-refractivity contribution in [2.24, 2.45) is 0 Å². The van der Waals surface area contributed by atoms with Crippen LogP contribution < -0.4 is 10.6 Å². The topological polar surface area (TPSA) is 58.2 Å². The third kappa shape index (κ3) is 4.87. The zero-order valence-corrected chi connectivity index (χ0v) is 13.5. The molecule has 1 aromatic rings. The van der Waals surface area contributed by atoms with Crippen molar-refractivity contribution in [1.29, 1.82) is 0 Å². The second-order valence-electron chi connectivity index (χ2n) is 4.52. The molecule has 0 fully saturated rings. The van der Waals surface area contributed by atoms with E-state index < -0.39 is 6.04 Å². The minimum atomic E-state index is -0.592. The van der Waals surface area contributed by atoms with Crippen LogP contribution in [0.3, 0.4) is 0 Å². The molecule has 0 spiro atoms. The lowest BCUT2D eigenvalue weighted by Crippen LogP contribution is -2.46. The maximum Gasteiger partial charge on any atom is 0.253 e. The summed E-state index contributed by atoms with van der Waals surface area (Å²) >= 11 is 7.50. The van der Waals surface area contributed by atoms with E-state index in [1.165, 1.54) is 0 Å². The van der Waals surface area contributed by atoms with Crippen molar-refractivity contribution >= 4 is 40.4 Å². The molecule has 0 aliphatic heterocycles. The van der Waals surface area contributed by atoms with Crippen LogP contribution in [0.15, 0.2) is 27.6 Å². The van der Waals surface area contributed by atoms with Crippen molar-refractivity contribution in [1.82, 2.24) is 10.6 Å². The second kappa shape index (κ2) is 6.96. The van der Waals surface area contributed by atoms with E-state index in [1.807, 2.05) is 13.8 Å². The molecule has 104 valence electrons. The molecule has 1 rings (SSSR count). The first-order valence-corrected chi connectivity index (χ1v) is 7.15. The van der Waals surface area contributed by atoms with Gasteiger partial charge in [-0.3, -0.25) is 9.59 Å². The summed E-state index contributed by atoms with van der Waals surface area (Å²) in [6.45, 7) is 5.38. The number of hydrogen-bond donors (Lipinski definition) is 3. The van der Waals surface area contributed by atoms with Crippen molar-refractivity contribution in [3.8, 4) is 0 Å². The van der Waals surface area contributed by atoms with E-state index in [1.54, 1.807) is 25.1 Å². The van der Waals surface area contributed by atoms with Crippen LogP contribution in [0.2, 0.25) is 0 Å². The SMILES string of the molecule is CC(C)NC(=O)C(C)NC(=O)c1cc(S)ccc1Br. The van der Waals surface area contributed by atoms with Gasteiger partial charge >= 0.3 is 0 Å². The van der Waals surface area contributed by atoms with Crippen LogP contribution in [0.5, 0.6) is 0 Å². The van der Waals surface area contributed by atoms with E-state index >= 15 is 0 Å². The average Bonchev–Trinajstić information content (AvgIpc) is 2.31.